The highest BCUT2D eigenvalue weighted by molar-refractivity contribution is 5.50. The minimum Gasteiger partial charge on any atom is -0.439 e. The van der Waals surface area contributed by atoms with Crippen LogP contribution in [0.1, 0.15) is 12.8 Å². The van der Waals surface area contributed by atoms with Gasteiger partial charge >= 0.3 is 0 Å². The van der Waals surface area contributed by atoms with E-state index in [2.05, 4.69) is 20.5 Å². The number of ether oxygens (including phenoxy) is 1. The Morgan fingerprint density at radius 2 is 1.88 bits per heavy atom. The standard InChI is InChI=1S/C18H21FN4O/c19-14-2-5-16(6-3-14)24-17-7-4-15(10-22-17)23-9-1-8-18(23)11-20-13-21-12-18/h2-7,10,20-21H,1,8-9,11-13H2. The third-order valence-corrected chi connectivity index (χ3v) is 4.82. The van der Waals surface area contributed by atoms with E-state index in [0.29, 0.717) is 11.6 Å². The lowest BCUT2D eigenvalue weighted by molar-refractivity contribution is 0.316. The Balaban J connectivity index is 1.50. The predicted molar refractivity (Wildman–Crippen MR) is 90.9 cm³/mol. The molecule has 24 heavy (non-hydrogen) atoms. The number of anilines is 1. The minimum atomic E-state index is -0.278. The molecular formula is C18H21FN4O. The molecule has 1 aromatic heterocycles. The van der Waals surface area contributed by atoms with Gasteiger partial charge in [0, 0.05) is 32.4 Å². The van der Waals surface area contributed by atoms with Crippen LogP contribution in [-0.2, 0) is 0 Å². The molecule has 1 aromatic carbocycles. The van der Waals surface area contributed by atoms with Crippen LogP contribution in [-0.4, -0.2) is 36.8 Å². The van der Waals surface area contributed by atoms with Gasteiger partial charge in [0.2, 0.25) is 5.88 Å². The zero-order chi connectivity index (χ0) is 16.4. The van der Waals surface area contributed by atoms with Crippen LogP contribution in [0.3, 0.4) is 0 Å². The molecule has 0 unspecified atom stereocenters. The number of benzene rings is 1. The second-order valence-electron chi connectivity index (χ2n) is 6.42. The van der Waals surface area contributed by atoms with Crippen molar-refractivity contribution in [2.75, 3.05) is 31.2 Å². The fourth-order valence-corrected chi connectivity index (χ4v) is 3.67. The van der Waals surface area contributed by atoms with Crippen LogP contribution < -0.4 is 20.3 Å². The van der Waals surface area contributed by atoms with Crippen molar-refractivity contribution in [2.45, 2.75) is 18.4 Å². The lowest BCUT2D eigenvalue weighted by atomic mass is 9.94. The smallest absolute Gasteiger partial charge is 0.219 e. The largest absolute Gasteiger partial charge is 0.439 e. The summed E-state index contributed by atoms with van der Waals surface area (Å²) in [7, 11) is 0. The molecule has 0 aliphatic carbocycles. The van der Waals surface area contributed by atoms with Gasteiger partial charge in [0.25, 0.3) is 0 Å². The number of hydrogen-bond acceptors (Lipinski definition) is 5. The Labute approximate surface area is 140 Å². The van der Waals surface area contributed by atoms with E-state index in [1.165, 1.54) is 25.0 Å². The molecule has 0 atom stereocenters. The van der Waals surface area contributed by atoms with Gasteiger partial charge in [0.05, 0.1) is 17.4 Å². The zero-order valence-electron chi connectivity index (χ0n) is 13.5. The summed E-state index contributed by atoms with van der Waals surface area (Å²) in [5, 5.41) is 6.87. The first kappa shape index (κ1) is 15.4. The third kappa shape index (κ3) is 2.95. The van der Waals surface area contributed by atoms with Crippen molar-refractivity contribution in [2.24, 2.45) is 0 Å². The van der Waals surface area contributed by atoms with Crippen molar-refractivity contribution in [1.82, 2.24) is 15.6 Å². The number of aromatic nitrogens is 1. The maximum atomic E-state index is 12.9. The molecule has 0 bridgehead atoms. The Morgan fingerprint density at radius 1 is 1.08 bits per heavy atom. The van der Waals surface area contributed by atoms with E-state index < -0.39 is 0 Å². The van der Waals surface area contributed by atoms with Crippen molar-refractivity contribution >= 4 is 5.69 Å². The van der Waals surface area contributed by atoms with Crippen molar-refractivity contribution < 1.29 is 9.13 Å². The summed E-state index contributed by atoms with van der Waals surface area (Å²) in [5.41, 5.74) is 1.25. The molecule has 5 nitrogen and oxygen atoms in total. The number of pyridine rings is 1. The Bertz CT molecular complexity index is 683. The topological polar surface area (TPSA) is 49.4 Å². The molecule has 2 aromatic rings. The first-order valence-corrected chi connectivity index (χ1v) is 8.34. The van der Waals surface area contributed by atoms with Gasteiger partial charge in [0.15, 0.2) is 0 Å². The van der Waals surface area contributed by atoms with Crippen molar-refractivity contribution in [3.05, 3.63) is 48.4 Å². The highest BCUT2D eigenvalue weighted by atomic mass is 19.1. The predicted octanol–water partition coefficient (Wildman–Crippen LogP) is 2.50. The minimum absolute atomic E-state index is 0.138. The summed E-state index contributed by atoms with van der Waals surface area (Å²) in [5.74, 6) is 0.813. The fourth-order valence-electron chi connectivity index (χ4n) is 3.67. The number of nitrogens with one attached hydrogen (secondary N) is 2. The first-order valence-electron chi connectivity index (χ1n) is 8.34. The van der Waals surface area contributed by atoms with Crippen molar-refractivity contribution in [1.29, 1.82) is 0 Å². The van der Waals surface area contributed by atoms with Gasteiger partial charge < -0.3 is 20.3 Å². The average Bonchev–Trinajstić information content (AvgIpc) is 3.01. The van der Waals surface area contributed by atoms with Gasteiger partial charge in [-0.3, -0.25) is 0 Å². The van der Waals surface area contributed by atoms with Gasteiger partial charge in [-0.15, -0.1) is 0 Å². The van der Waals surface area contributed by atoms with Gasteiger partial charge in [-0.25, -0.2) is 9.37 Å². The fraction of sp³-hybridized carbons (Fsp3) is 0.389. The average molecular weight is 328 g/mol. The number of hydrogen-bond donors (Lipinski definition) is 2. The van der Waals surface area contributed by atoms with Crippen LogP contribution in [0.15, 0.2) is 42.6 Å². The summed E-state index contributed by atoms with van der Waals surface area (Å²) in [6.07, 6.45) is 4.23. The van der Waals surface area contributed by atoms with Crippen LogP contribution in [0, 0.1) is 5.82 Å². The van der Waals surface area contributed by atoms with E-state index in [9.17, 15) is 4.39 Å². The summed E-state index contributed by atoms with van der Waals surface area (Å²) < 4.78 is 18.6. The van der Waals surface area contributed by atoms with Crippen LogP contribution in [0.2, 0.25) is 0 Å². The van der Waals surface area contributed by atoms with Gasteiger partial charge in [0.1, 0.15) is 11.6 Å². The lowest BCUT2D eigenvalue weighted by Gasteiger charge is -2.43. The van der Waals surface area contributed by atoms with Crippen LogP contribution in [0.5, 0.6) is 11.6 Å². The Hall–Kier alpha value is -2.18. The molecule has 126 valence electrons. The molecule has 6 heteroatoms. The molecule has 4 rings (SSSR count). The number of rotatable bonds is 3. The van der Waals surface area contributed by atoms with Crippen LogP contribution in [0.4, 0.5) is 10.1 Å². The Morgan fingerprint density at radius 3 is 2.58 bits per heavy atom. The van der Waals surface area contributed by atoms with Gasteiger partial charge in [-0.05, 0) is 43.2 Å². The molecule has 1 spiro atoms. The number of halogens is 1. The lowest BCUT2D eigenvalue weighted by Crippen LogP contribution is -2.62. The van der Waals surface area contributed by atoms with E-state index in [0.717, 1.165) is 32.0 Å². The zero-order valence-corrected chi connectivity index (χ0v) is 13.5. The highest BCUT2D eigenvalue weighted by Crippen LogP contribution is 2.34. The molecular weight excluding hydrogens is 307 g/mol. The molecule has 2 aliphatic heterocycles. The molecule has 0 amide bonds. The van der Waals surface area contributed by atoms with Crippen molar-refractivity contribution in [3.63, 3.8) is 0 Å². The first-order chi connectivity index (χ1) is 11.8. The highest BCUT2D eigenvalue weighted by Gasteiger charge is 2.41. The second-order valence-corrected chi connectivity index (χ2v) is 6.42. The second kappa shape index (κ2) is 6.37. The van der Waals surface area contributed by atoms with Crippen LogP contribution >= 0.6 is 0 Å². The molecule has 2 fully saturated rings. The summed E-state index contributed by atoms with van der Waals surface area (Å²) >= 11 is 0. The molecule has 2 aliphatic rings. The molecule has 3 heterocycles. The summed E-state index contributed by atoms with van der Waals surface area (Å²) in [4.78, 5) is 6.87. The van der Waals surface area contributed by atoms with E-state index in [1.807, 2.05) is 18.3 Å². The maximum absolute atomic E-state index is 12.9. The van der Waals surface area contributed by atoms with E-state index in [-0.39, 0.29) is 11.4 Å². The summed E-state index contributed by atoms with van der Waals surface area (Å²) in [6, 6.07) is 9.86. The summed E-state index contributed by atoms with van der Waals surface area (Å²) in [6.45, 7) is 3.91. The van der Waals surface area contributed by atoms with E-state index in [1.54, 1.807) is 12.1 Å². The Kier molecular flexibility index (Phi) is 4.08. The van der Waals surface area contributed by atoms with E-state index in [4.69, 9.17) is 4.74 Å². The van der Waals surface area contributed by atoms with Crippen LogP contribution in [0.25, 0.3) is 0 Å². The van der Waals surface area contributed by atoms with Gasteiger partial charge in [-0.2, -0.15) is 0 Å². The van der Waals surface area contributed by atoms with Gasteiger partial charge in [-0.1, -0.05) is 0 Å². The maximum Gasteiger partial charge on any atom is 0.219 e. The quantitative estimate of drug-likeness (QED) is 0.907. The molecule has 2 N–H and O–H groups in total. The SMILES string of the molecule is Fc1ccc(Oc2ccc(N3CCCC34CNCNC4)cn2)cc1. The normalized spacial score (nSPS) is 19.6. The molecule has 0 saturated carbocycles. The third-order valence-electron chi connectivity index (χ3n) is 4.82. The van der Waals surface area contributed by atoms with E-state index >= 15 is 0 Å². The van der Waals surface area contributed by atoms with Crippen molar-refractivity contribution in [3.8, 4) is 11.6 Å². The number of nitrogens with zero attached hydrogens (tertiary/aromatic N) is 2. The molecule has 2 saturated heterocycles. The molecule has 0 radical (unpaired) electrons. The monoisotopic (exact) mass is 328 g/mol.